The lowest BCUT2D eigenvalue weighted by Gasteiger charge is -2.19. The Morgan fingerprint density at radius 1 is 1.26 bits per heavy atom. The molecule has 1 aromatic rings. The van der Waals surface area contributed by atoms with E-state index in [0.29, 0.717) is 0 Å². The fourth-order valence-electron chi connectivity index (χ4n) is 2.54. The molecule has 1 aliphatic rings. The molecule has 0 atom stereocenters. The SMILES string of the molecule is CCCNCc1occc1CN1CCCN(C)CC1. The van der Waals surface area contributed by atoms with E-state index in [1.807, 2.05) is 6.26 Å². The van der Waals surface area contributed by atoms with Gasteiger partial charge < -0.3 is 14.6 Å². The zero-order valence-electron chi connectivity index (χ0n) is 12.3. The molecule has 0 bridgehead atoms. The number of likely N-dealkylation sites (N-methyl/N-ethyl adjacent to an activating group) is 1. The normalized spacial score (nSPS) is 18.6. The van der Waals surface area contributed by atoms with Crippen molar-refractivity contribution in [2.75, 3.05) is 39.8 Å². The Kier molecular flexibility index (Phi) is 5.89. The van der Waals surface area contributed by atoms with Crippen molar-refractivity contribution < 1.29 is 4.42 Å². The van der Waals surface area contributed by atoms with Gasteiger partial charge >= 0.3 is 0 Å². The average molecular weight is 265 g/mol. The minimum absolute atomic E-state index is 0.851. The minimum atomic E-state index is 0.851. The molecule has 4 nitrogen and oxygen atoms in total. The molecule has 0 amide bonds. The molecule has 2 heterocycles. The Hall–Kier alpha value is -0.840. The Morgan fingerprint density at radius 2 is 2.16 bits per heavy atom. The molecule has 0 radical (unpaired) electrons. The zero-order chi connectivity index (χ0) is 13.5. The quantitative estimate of drug-likeness (QED) is 0.796. The van der Waals surface area contributed by atoms with Gasteiger partial charge in [0, 0.05) is 25.2 Å². The van der Waals surface area contributed by atoms with Gasteiger partial charge in [-0.1, -0.05) is 6.92 Å². The van der Waals surface area contributed by atoms with Crippen molar-refractivity contribution in [3.8, 4) is 0 Å². The van der Waals surface area contributed by atoms with E-state index >= 15 is 0 Å². The van der Waals surface area contributed by atoms with Crippen LogP contribution in [-0.2, 0) is 13.1 Å². The van der Waals surface area contributed by atoms with Crippen molar-refractivity contribution in [2.24, 2.45) is 0 Å². The van der Waals surface area contributed by atoms with Gasteiger partial charge in [-0.25, -0.2) is 0 Å². The third-order valence-electron chi connectivity index (χ3n) is 3.76. The number of rotatable bonds is 6. The Labute approximate surface area is 116 Å². The summed E-state index contributed by atoms with van der Waals surface area (Å²) < 4.78 is 5.61. The van der Waals surface area contributed by atoms with Crippen LogP contribution in [0, 0.1) is 0 Å². The lowest BCUT2D eigenvalue weighted by molar-refractivity contribution is 0.267. The summed E-state index contributed by atoms with van der Waals surface area (Å²) in [6.07, 6.45) is 4.24. The first-order valence-electron chi connectivity index (χ1n) is 7.46. The number of nitrogens with one attached hydrogen (secondary N) is 1. The summed E-state index contributed by atoms with van der Waals surface area (Å²) in [5, 5.41) is 3.41. The molecular weight excluding hydrogens is 238 g/mol. The Balaban J connectivity index is 1.86. The van der Waals surface area contributed by atoms with E-state index in [1.165, 1.54) is 31.6 Å². The third kappa shape index (κ3) is 4.64. The Bertz CT molecular complexity index is 364. The molecule has 0 unspecified atom stereocenters. The van der Waals surface area contributed by atoms with Crippen LogP contribution in [0.25, 0.3) is 0 Å². The summed E-state index contributed by atoms with van der Waals surface area (Å²) in [5.41, 5.74) is 1.34. The maximum Gasteiger partial charge on any atom is 0.122 e. The molecule has 1 saturated heterocycles. The first-order chi connectivity index (χ1) is 9.29. The van der Waals surface area contributed by atoms with Crippen LogP contribution in [0.15, 0.2) is 16.7 Å². The van der Waals surface area contributed by atoms with Crippen LogP contribution in [-0.4, -0.2) is 49.6 Å². The fraction of sp³-hybridized carbons (Fsp3) is 0.733. The van der Waals surface area contributed by atoms with Gasteiger partial charge in [0.2, 0.25) is 0 Å². The summed E-state index contributed by atoms with van der Waals surface area (Å²) >= 11 is 0. The standard InChI is InChI=1S/C15H27N3O/c1-3-6-16-12-15-14(5-11-19-15)13-18-8-4-7-17(2)9-10-18/h5,11,16H,3-4,6-10,12-13H2,1-2H3. The molecular formula is C15H27N3O. The maximum absolute atomic E-state index is 5.61. The molecule has 1 aliphatic heterocycles. The lowest BCUT2D eigenvalue weighted by atomic mass is 10.2. The van der Waals surface area contributed by atoms with Crippen molar-refractivity contribution in [3.63, 3.8) is 0 Å². The van der Waals surface area contributed by atoms with Gasteiger partial charge in [0.05, 0.1) is 12.8 Å². The van der Waals surface area contributed by atoms with E-state index in [2.05, 4.69) is 35.2 Å². The molecule has 0 aromatic carbocycles. The zero-order valence-corrected chi connectivity index (χ0v) is 12.3. The predicted octanol–water partition coefficient (Wildman–Crippen LogP) is 1.92. The van der Waals surface area contributed by atoms with E-state index in [1.54, 1.807) is 0 Å². The second-order valence-corrected chi connectivity index (χ2v) is 5.48. The van der Waals surface area contributed by atoms with Crippen LogP contribution in [0.2, 0.25) is 0 Å². The van der Waals surface area contributed by atoms with Gasteiger partial charge in [-0.05, 0) is 45.6 Å². The molecule has 19 heavy (non-hydrogen) atoms. The van der Waals surface area contributed by atoms with Crippen molar-refractivity contribution in [1.82, 2.24) is 15.1 Å². The van der Waals surface area contributed by atoms with Gasteiger partial charge in [0.25, 0.3) is 0 Å². The molecule has 2 rings (SSSR count). The summed E-state index contributed by atoms with van der Waals surface area (Å²) in [5.74, 6) is 1.10. The Morgan fingerprint density at radius 3 is 3.00 bits per heavy atom. The highest BCUT2D eigenvalue weighted by molar-refractivity contribution is 5.16. The van der Waals surface area contributed by atoms with Crippen LogP contribution in [0.1, 0.15) is 31.1 Å². The molecule has 1 N–H and O–H groups in total. The van der Waals surface area contributed by atoms with Crippen LogP contribution in [0.3, 0.4) is 0 Å². The number of hydrogen-bond donors (Lipinski definition) is 1. The van der Waals surface area contributed by atoms with Gasteiger partial charge in [-0.2, -0.15) is 0 Å². The van der Waals surface area contributed by atoms with Crippen molar-refractivity contribution in [2.45, 2.75) is 32.9 Å². The smallest absolute Gasteiger partial charge is 0.122 e. The molecule has 4 heteroatoms. The topological polar surface area (TPSA) is 31.7 Å². The van der Waals surface area contributed by atoms with Gasteiger partial charge in [-0.3, -0.25) is 4.90 Å². The lowest BCUT2D eigenvalue weighted by Crippen LogP contribution is -2.29. The molecule has 108 valence electrons. The molecule has 1 aromatic heterocycles. The summed E-state index contributed by atoms with van der Waals surface area (Å²) in [6.45, 7) is 9.84. The van der Waals surface area contributed by atoms with Crippen molar-refractivity contribution in [3.05, 3.63) is 23.7 Å². The second-order valence-electron chi connectivity index (χ2n) is 5.48. The van der Waals surface area contributed by atoms with Crippen LogP contribution < -0.4 is 5.32 Å². The fourth-order valence-corrected chi connectivity index (χ4v) is 2.54. The van der Waals surface area contributed by atoms with Crippen LogP contribution in [0.5, 0.6) is 0 Å². The number of nitrogens with zero attached hydrogens (tertiary/aromatic N) is 2. The number of furan rings is 1. The van der Waals surface area contributed by atoms with E-state index in [0.717, 1.165) is 38.4 Å². The van der Waals surface area contributed by atoms with Gasteiger partial charge in [0.15, 0.2) is 0 Å². The highest BCUT2D eigenvalue weighted by atomic mass is 16.3. The highest BCUT2D eigenvalue weighted by Crippen LogP contribution is 2.14. The highest BCUT2D eigenvalue weighted by Gasteiger charge is 2.15. The second kappa shape index (κ2) is 7.68. The number of hydrogen-bond acceptors (Lipinski definition) is 4. The maximum atomic E-state index is 5.61. The van der Waals surface area contributed by atoms with Crippen LogP contribution in [0.4, 0.5) is 0 Å². The van der Waals surface area contributed by atoms with Crippen LogP contribution >= 0.6 is 0 Å². The molecule has 1 fully saturated rings. The van der Waals surface area contributed by atoms with Crippen molar-refractivity contribution >= 4 is 0 Å². The summed E-state index contributed by atoms with van der Waals surface area (Å²) in [4.78, 5) is 4.96. The largest absolute Gasteiger partial charge is 0.468 e. The molecule has 0 saturated carbocycles. The monoisotopic (exact) mass is 265 g/mol. The van der Waals surface area contributed by atoms with Gasteiger partial charge in [0.1, 0.15) is 5.76 Å². The third-order valence-corrected chi connectivity index (χ3v) is 3.76. The van der Waals surface area contributed by atoms with Gasteiger partial charge in [-0.15, -0.1) is 0 Å². The summed E-state index contributed by atoms with van der Waals surface area (Å²) in [6, 6.07) is 2.12. The van der Waals surface area contributed by atoms with E-state index < -0.39 is 0 Å². The molecule has 0 spiro atoms. The van der Waals surface area contributed by atoms with E-state index in [4.69, 9.17) is 4.42 Å². The van der Waals surface area contributed by atoms with E-state index in [-0.39, 0.29) is 0 Å². The van der Waals surface area contributed by atoms with E-state index in [9.17, 15) is 0 Å². The summed E-state index contributed by atoms with van der Waals surface area (Å²) in [7, 11) is 2.21. The minimum Gasteiger partial charge on any atom is -0.468 e. The average Bonchev–Trinajstić information content (AvgIpc) is 2.73. The van der Waals surface area contributed by atoms with Crippen molar-refractivity contribution in [1.29, 1.82) is 0 Å². The first kappa shape index (κ1) is 14.6. The molecule has 0 aliphatic carbocycles. The predicted molar refractivity (Wildman–Crippen MR) is 78.1 cm³/mol. The first-order valence-corrected chi connectivity index (χ1v) is 7.46.